The van der Waals surface area contributed by atoms with Crippen molar-refractivity contribution in [2.24, 2.45) is 0 Å². The van der Waals surface area contributed by atoms with E-state index in [9.17, 15) is 14.7 Å². The van der Waals surface area contributed by atoms with Gasteiger partial charge in [0.25, 0.3) is 5.91 Å². The fourth-order valence-corrected chi connectivity index (χ4v) is 4.41. The third kappa shape index (κ3) is 5.63. The van der Waals surface area contributed by atoms with Crippen LogP contribution in [0.5, 0.6) is 0 Å². The number of β-amino-alcohol motifs (C(OH)–C–C–N with tert-alkyl or cyclic N) is 1. The molecule has 170 valence electrons. The van der Waals surface area contributed by atoms with Crippen LogP contribution < -0.4 is 10.6 Å². The van der Waals surface area contributed by atoms with E-state index in [0.29, 0.717) is 17.9 Å². The number of rotatable bonds is 7. The van der Waals surface area contributed by atoms with Crippen molar-refractivity contribution < 1.29 is 14.7 Å². The van der Waals surface area contributed by atoms with Gasteiger partial charge in [-0.15, -0.1) is 0 Å². The lowest BCUT2D eigenvalue weighted by atomic mass is 10.0. The van der Waals surface area contributed by atoms with Gasteiger partial charge in [0.1, 0.15) is 5.82 Å². The number of anilines is 1. The number of nitrogens with zero attached hydrogens (tertiary/aromatic N) is 3. The molecule has 1 unspecified atom stereocenters. The van der Waals surface area contributed by atoms with E-state index in [0.717, 1.165) is 39.0 Å². The standard InChI is InChI=1S/C24H31N5O3/c1-17(30)29-10-7-21(8-11-29)27-23-12-18(6-9-25-23)24(32)26-13-22(31)16-28-14-19-4-2-3-5-20(19)15-28/h2-6,9,12,21-22,31H,7-8,10-11,13-16H2,1H3,(H,25,27)(H,26,32). The molecule has 0 aliphatic carbocycles. The van der Waals surface area contributed by atoms with Crippen molar-refractivity contribution in [3.05, 3.63) is 59.3 Å². The highest BCUT2D eigenvalue weighted by Crippen LogP contribution is 2.22. The first kappa shape index (κ1) is 22.2. The van der Waals surface area contributed by atoms with Crippen LogP contribution in [0.25, 0.3) is 0 Å². The lowest BCUT2D eigenvalue weighted by Gasteiger charge is -2.32. The number of hydrogen-bond acceptors (Lipinski definition) is 6. The maximum Gasteiger partial charge on any atom is 0.251 e. The molecule has 0 spiro atoms. The van der Waals surface area contributed by atoms with E-state index in [2.05, 4.69) is 32.7 Å². The quantitative estimate of drug-likeness (QED) is 0.609. The van der Waals surface area contributed by atoms with E-state index in [1.54, 1.807) is 25.3 Å². The average molecular weight is 438 g/mol. The largest absolute Gasteiger partial charge is 0.390 e. The molecule has 3 heterocycles. The molecular formula is C24H31N5O3. The van der Waals surface area contributed by atoms with Crippen LogP contribution in [-0.4, -0.2) is 70.0 Å². The molecule has 4 rings (SSSR count). The Morgan fingerprint density at radius 3 is 2.50 bits per heavy atom. The van der Waals surface area contributed by atoms with Crippen LogP contribution in [0.15, 0.2) is 42.6 Å². The molecule has 1 aromatic heterocycles. The molecule has 2 aliphatic rings. The van der Waals surface area contributed by atoms with Crippen molar-refractivity contribution in [2.75, 3.05) is 31.5 Å². The number of fused-ring (bicyclic) bond motifs is 1. The smallest absolute Gasteiger partial charge is 0.251 e. The van der Waals surface area contributed by atoms with Crippen molar-refractivity contribution in [3.8, 4) is 0 Å². The molecular weight excluding hydrogens is 406 g/mol. The number of likely N-dealkylation sites (tertiary alicyclic amines) is 1. The third-order valence-corrected chi connectivity index (χ3v) is 6.19. The lowest BCUT2D eigenvalue weighted by molar-refractivity contribution is -0.129. The number of nitrogens with one attached hydrogen (secondary N) is 2. The summed E-state index contributed by atoms with van der Waals surface area (Å²) in [5.74, 6) is 0.525. The number of carbonyl (C=O) groups excluding carboxylic acids is 2. The van der Waals surface area contributed by atoms with Crippen molar-refractivity contribution >= 4 is 17.6 Å². The Bertz CT molecular complexity index is 933. The minimum atomic E-state index is -0.640. The Labute approximate surface area is 188 Å². The summed E-state index contributed by atoms with van der Waals surface area (Å²) >= 11 is 0. The molecule has 1 saturated heterocycles. The number of aliphatic hydroxyl groups is 1. The second kappa shape index (κ2) is 10.1. The molecule has 0 bridgehead atoms. The first-order chi connectivity index (χ1) is 15.5. The molecule has 2 aliphatic heterocycles. The predicted octanol–water partition coefficient (Wildman–Crippen LogP) is 1.61. The summed E-state index contributed by atoms with van der Waals surface area (Å²) < 4.78 is 0. The van der Waals surface area contributed by atoms with Gasteiger partial charge in [0.05, 0.1) is 6.10 Å². The van der Waals surface area contributed by atoms with Crippen LogP contribution in [0.4, 0.5) is 5.82 Å². The number of amides is 2. The van der Waals surface area contributed by atoms with E-state index in [4.69, 9.17) is 0 Å². The highest BCUT2D eigenvalue weighted by Gasteiger charge is 2.22. The maximum absolute atomic E-state index is 12.6. The molecule has 0 saturated carbocycles. The molecule has 2 aromatic rings. The summed E-state index contributed by atoms with van der Waals surface area (Å²) in [6, 6.07) is 11.9. The van der Waals surface area contributed by atoms with Gasteiger partial charge in [0, 0.05) is 64.0 Å². The summed E-state index contributed by atoms with van der Waals surface area (Å²) in [6.45, 7) is 5.41. The SMILES string of the molecule is CC(=O)N1CCC(Nc2cc(C(=O)NCC(O)CN3Cc4ccccc4C3)ccn2)CC1. The zero-order valence-electron chi connectivity index (χ0n) is 18.5. The minimum absolute atomic E-state index is 0.108. The zero-order chi connectivity index (χ0) is 22.5. The third-order valence-electron chi connectivity index (χ3n) is 6.19. The molecule has 0 radical (unpaired) electrons. The Balaban J connectivity index is 1.23. The molecule has 2 amide bonds. The summed E-state index contributed by atoms with van der Waals surface area (Å²) in [6.07, 6.45) is 2.67. The normalized spacial score (nSPS) is 17.6. The van der Waals surface area contributed by atoms with Crippen LogP contribution in [-0.2, 0) is 17.9 Å². The second-order valence-corrected chi connectivity index (χ2v) is 8.66. The molecule has 1 atom stereocenters. The molecule has 8 heteroatoms. The number of benzene rings is 1. The van der Waals surface area contributed by atoms with Crippen molar-refractivity contribution in [1.29, 1.82) is 0 Å². The number of carbonyl (C=O) groups is 2. The molecule has 32 heavy (non-hydrogen) atoms. The van der Waals surface area contributed by atoms with Crippen LogP contribution >= 0.6 is 0 Å². The zero-order valence-corrected chi connectivity index (χ0v) is 18.5. The number of hydrogen-bond donors (Lipinski definition) is 3. The van der Waals surface area contributed by atoms with Gasteiger partial charge in [-0.3, -0.25) is 14.5 Å². The Morgan fingerprint density at radius 1 is 1.16 bits per heavy atom. The fourth-order valence-electron chi connectivity index (χ4n) is 4.41. The molecule has 3 N–H and O–H groups in total. The first-order valence-electron chi connectivity index (χ1n) is 11.2. The van der Waals surface area contributed by atoms with E-state index < -0.39 is 6.10 Å². The maximum atomic E-state index is 12.6. The Morgan fingerprint density at radius 2 is 1.84 bits per heavy atom. The van der Waals surface area contributed by atoms with Gasteiger partial charge in [-0.25, -0.2) is 4.98 Å². The number of aliphatic hydroxyl groups excluding tert-OH is 1. The van der Waals surface area contributed by atoms with Gasteiger partial charge >= 0.3 is 0 Å². The highest BCUT2D eigenvalue weighted by molar-refractivity contribution is 5.94. The van der Waals surface area contributed by atoms with Gasteiger partial charge in [0.15, 0.2) is 0 Å². The topological polar surface area (TPSA) is 97.8 Å². The van der Waals surface area contributed by atoms with Crippen molar-refractivity contribution in [1.82, 2.24) is 20.1 Å². The fraction of sp³-hybridized carbons (Fsp3) is 0.458. The minimum Gasteiger partial charge on any atom is -0.390 e. The molecule has 1 fully saturated rings. The van der Waals surface area contributed by atoms with Crippen LogP contribution in [0, 0.1) is 0 Å². The number of pyridine rings is 1. The Hall–Kier alpha value is -2.97. The van der Waals surface area contributed by atoms with Crippen LogP contribution in [0.2, 0.25) is 0 Å². The van der Waals surface area contributed by atoms with Gasteiger partial charge < -0.3 is 20.6 Å². The van der Waals surface area contributed by atoms with Gasteiger partial charge in [-0.1, -0.05) is 24.3 Å². The van der Waals surface area contributed by atoms with Gasteiger partial charge in [0.2, 0.25) is 5.91 Å². The second-order valence-electron chi connectivity index (χ2n) is 8.66. The lowest BCUT2D eigenvalue weighted by Crippen LogP contribution is -2.41. The van der Waals surface area contributed by atoms with E-state index in [1.165, 1.54) is 11.1 Å². The summed E-state index contributed by atoms with van der Waals surface area (Å²) in [7, 11) is 0. The predicted molar refractivity (Wildman–Crippen MR) is 122 cm³/mol. The summed E-state index contributed by atoms with van der Waals surface area (Å²) in [5, 5.41) is 16.6. The van der Waals surface area contributed by atoms with Crippen molar-refractivity contribution in [2.45, 2.75) is 45.0 Å². The average Bonchev–Trinajstić information content (AvgIpc) is 3.20. The van der Waals surface area contributed by atoms with Crippen LogP contribution in [0.1, 0.15) is 41.3 Å². The molecule has 1 aromatic carbocycles. The van der Waals surface area contributed by atoms with Crippen LogP contribution in [0.3, 0.4) is 0 Å². The first-order valence-corrected chi connectivity index (χ1v) is 11.2. The highest BCUT2D eigenvalue weighted by atomic mass is 16.3. The molecule has 8 nitrogen and oxygen atoms in total. The van der Waals surface area contributed by atoms with E-state index in [-0.39, 0.29) is 24.4 Å². The van der Waals surface area contributed by atoms with Crippen molar-refractivity contribution in [3.63, 3.8) is 0 Å². The van der Waals surface area contributed by atoms with E-state index >= 15 is 0 Å². The summed E-state index contributed by atoms with van der Waals surface area (Å²) in [5.41, 5.74) is 3.10. The Kier molecular flexibility index (Phi) is 7.02. The number of aromatic nitrogens is 1. The monoisotopic (exact) mass is 437 g/mol. The van der Waals surface area contributed by atoms with Gasteiger partial charge in [-0.2, -0.15) is 0 Å². The number of piperidine rings is 1. The van der Waals surface area contributed by atoms with Gasteiger partial charge in [-0.05, 0) is 36.1 Å². The summed E-state index contributed by atoms with van der Waals surface area (Å²) in [4.78, 5) is 32.4. The van der Waals surface area contributed by atoms with E-state index in [1.807, 2.05) is 17.0 Å².